The van der Waals surface area contributed by atoms with E-state index in [2.05, 4.69) is 5.32 Å². The van der Waals surface area contributed by atoms with Gasteiger partial charge in [-0.1, -0.05) is 56.2 Å². The number of phenols is 1. The summed E-state index contributed by atoms with van der Waals surface area (Å²) in [4.78, 5) is 40.4. The first-order chi connectivity index (χ1) is 20.1. The van der Waals surface area contributed by atoms with E-state index in [4.69, 9.17) is 30.5 Å². The summed E-state index contributed by atoms with van der Waals surface area (Å²) in [5.41, 5.74) is -0.974. The summed E-state index contributed by atoms with van der Waals surface area (Å²) < 4.78 is 23.1. The molecule has 236 valence electrons. The van der Waals surface area contributed by atoms with E-state index >= 15 is 0 Å². The molecule has 2 saturated heterocycles. The molecule has 11 nitrogen and oxygen atoms in total. The molecule has 4 bridgehead atoms. The highest BCUT2D eigenvalue weighted by Crippen LogP contribution is 2.49. The second-order valence-corrected chi connectivity index (χ2v) is 12.6. The van der Waals surface area contributed by atoms with Crippen molar-refractivity contribution < 1.29 is 43.5 Å². The topological polar surface area (TPSA) is 147 Å². The number of carbonyl (C=O) groups excluding carboxylic acids is 3. The fraction of sp³-hybridized carbons (Fsp3) is 0.581. The van der Waals surface area contributed by atoms with Gasteiger partial charge in [0.05, 0.1) is 24.1 Å². The average molecular weight is 621 g/mol. The quantitative estimate of drug-likeness (QED) is 0.337. The van der Waals surface area contributed by atoms with Gasteiger partial charge in [0, 0.05) is 26.5 Å². The average Bonchev–Trinajstić information content (AvgIpc) is 3.62. The number of methoxy groups -OCH3 is 1. The molecular formula is C31H41ClN2O9. The van der Waals surface area contributed by atoms with Gasteiger partial charge in [0.15, 0.2) is 5.72 Å². The molecule has 1 aromatic carbocycles. The monoisotopic (exact) mass is 620 g/mol. The number of epoxide rings is 1. The molecule has 3 heterocycles. The van der Waals surface area contributed by atoms with Gasteiger partial charge in [-0.15, -0.1) is 0 Å². The van der Waals surface area contributed by atoms with Gasteiger partial charge in [0.25, 0.3) is 0 Å². The van der Waals surface area contributed by atoms with Crippen LogP contribution in [0, 0.1) is 11.8 Å². The number of phenolic OH excluding ortho intramolecular Hbond substituents is 1. The van der Waals surface area contributed by atoms with Gasteiger partial charge in [-0.05, 0) is 38.0 Å². The third kappa shape index (κ3) is 6.85. The minimum atomic E-state index is -1.78. The van der Waals surface area contributed by atoms with Crippen LogP contribution in [-0.2, 0) is 35.0 Å². The van der Waals surface area contributed by atoms with Crippen LogP contribution in [0.25, 0.3) is 0 Å². The number of aromatic hydroxyl groups is 1. The number of nitrogens with one attached hydrogen (secondary N) is 1. The summed E-state index contributed by atoms with van der Waals surface area (Å²) >= 11 is 6.44. The van der Waals surface area contributed by atoms with E-state index in [-0.39, 0.29) is 23.6 Å². The molecule has 3 aliphatic heterocycles. The van der Waals surface area contributed by atoms with Crippen LogP contribution in [0.5, 0.6) is 5.75 Å². The van der Waals surface area contributed by atoms with E-state index in [1.54, 1.807) is 46.0 Å². The zero-order chi connectivity index (χ0) is 31.9. The van der Waals surface area contributed by atoms with Crippen LogP contribution in [0.3, 0.4) is 0 Å². The third-order valence-electron chi connectivity index (χ3n) is 8.47. The molecule has 0 aromatic heterocycles. The first-order valence-corrected chi connectivity index (χ1v) is 14.7. The van der Waals surface area contributed by atoms with Crippen molar-refractivity contribution in [2.45, 2.75) is 89.6 Å². The molecule has 12 heteroatoms. The Morgan fingerprint density at radius 3 is 2.63 bits per heavy atom. The number of benzene rings is 1. The van der Waals surface area contributed by atoms with Crippen molar-refractivity contribution in [3.8, 4) is 5.75 Å². The molecule has 2 fully saturated rings. The lowest BCUT2D eigenvalue weighted by Gasteiger charge is -2.42. The molecule has 0 saturated carbocycles. The summed E-state index contributed by atoms with van der Waals surface area (Å²) in [7, 11) is 2.97. The number of anilines is 1. The van der Waals surface area contributed by atoms with Crippen LogP contribution in [0.1, 0.15) is 53.0 Å². The zero-order valence-electron chi connectivity index (χ0n) is 25.5. The second kappa shape index (κ2) is 12.5. The highest BCUT2D eigenvalue weighted by Gasteiger charge is 2.64. The lowest BCUT2D eigenvalue weighted by Crippen LogP contribution is -2.63. The number of esters is 1. The van der Waals surface area contributed by atoms with Crippen LogP contribution in [-0.4, -0.2) is 78.1 Å². The normalized spacial score (nSPS) is 35.3. The second-order valence-electron chi connectivity index (χ2n) is 12.2. The van der Waals surface area contributed by atoms with Crippen molar-refractivity contribution in [2.75, 3.05) is 19.1 Å². The lowest BCUT2D eigenvalue weighted by molar-refractivity contribution is -0.157. The number of nitrogens with zero attached hydrogens (tertiary/aromatic N) is 1. The number of fused-ring (bicyclic) bond motifs is 5. The van der Waals surface area contributed by atoms with Crippen molar-refractivity contribution in [2.24, 2.45) is 11.8 Å². The largest absolute Gasteiger partial charge is 0.506 e. The Kier molecular flexibility index (Phi) is 9.51. The van der Waals surface area contributed by atoms with Crippen LogP contribution < -0.4 is 10.2 Å². The van der Waals surface area contributed by atoms with Gasteiger partial charge >= 0.3 is 12.1 Å². The molecule has 0 radical (unpaired) electrons. The Bertz CT molecular complexity index is 1330. The van der Waals surface area contributed by atoms with Crippen molar-refractivity contribution in [1.82, 2.24) is 5.32 Å². The van der Waals surface area contributed by atoms with Gasteiger partial charge in [0.2, 0.25) is 5.91 Å². The van der Waals surface area contributed by atoms with Gasteiger partial charge in [0.1, 0.15) is 34.7 Å². The molecular weight excluding hydrogens is 580 g/mol. The third-order valence-corrected chi connectivity index (χ3v) is 8.86. The van der Waals surface area contributed by atoms with E-state index in [1.165, 1.54) is 18.1 Å². The number of alkyl carbamates (subject to hydrolysis) is 1. The molecule has 7 atom stereocenters. The Labute approximate surface area is 256 Å². The minimum Gasteiger partial charge on any atom is -0.506 e. The van der Waals surface area contributed by atoms with E-state index in [9.17, 15) is 24.6 Å². The molecule has 3 aliphatic rings. The molecule has 1 aromatic rings. The maximum Gasteiger partial charge on any atom is 0.409 e. The van der Waals surface area contributed by atoms with Crippen molar-refractivity contribution in [3.05, 3.63) is 46.5 Å². The number of carbonyl (C=O) groups is 3. The van der Waals surface area contributed by atoms with Gasteiger partial charge < -0.3 is 34.1 Å². The number of hydrogen-bond donors (Lipinski definition) is 3. The van der Waals surface area contributed by atoms with Crippen molar-refractivity contribution in [1.29, 1.82) is 0 Å². The van der Waals surface area contributed by atoms with E-state index in [0.29, 0.717) is 17.7 Å². The van der Waals surface area contributed by atoms with Gasteiger partial charge in [-0.2, -0.15) is 0 Å². The lowest BCUT2D eigenvalue weighted by atomic mass is 9.83. The molecule has 4 rings (SSSR count). The van der Waals surface area contributed by atoms with E-state index < -0.39 is 65.5 Å². The number of amides is 2. The van der Waals surface area contributed by atoms with E-state index in [1.807, 2.05) is 19.9 Å². The fourth-order valence-corrected chi connectivity index (χ4v) is 5.98. The first kappa shape index (κ1) is 32.8. The van der Waals surface area contributed by atoms with Crippen LogP contribution in [0.15, 0.2) is 35.9 Å². The number of hydrogen-bond acceptors (Lipinski definition) is 9. The first-order valence-electron chi connectivity index (χ1n) is 14.3. The maximum atomic E-state index is 13.7. The van der Waals surface area contributed by atoms with Crippen LogP contribution in [0.2, 0.25) is 5.02 Å². The highest BCUT2D eigenvalue weighted by atomic mass is 35.5. The Balaban J connectivity index is 1.78. The Hall–Kier alpha value is -3.12. The predicted octanol–water partition coefficient (Wildman–Crippen LogP) is 4.02. The number of aliphatic hydroxyl groups is 1. The maximum absolute atomic E-state index is 13.7. The minimum absolute atomic E-state index is 0.0108. The fourth-order valence-electron chi connectivity index (χ4n) is 5.75. The highest BCUT2D eigenvalue weighted by molar-refractivity contribution is 6.35. The number of allylic oxidation sites excluding steroid dienone is 3. The summed E-state index contributed by atoms with van der Waals surface area (Å²) in [6, 6.07) is 3.26. The molecule has 43 heavy (non-hydrogen) atoms. The zero-order valence-corrected chi connectivity index (χ0v) is 26.3. The predicted molar refractivity (Wildman–Crippen MR) is 159 cm³/mol. The number of ether oxygens (including phenoxy) is 4. The summed E-state index contributed by atoms with van der Waals surface area (Å²) in [6.45, 7) is 8.83. The van der Waals surface area contributed by atoms with Crippen LogP contribution in [0.4, 0.5) is 10.5 Å². The van der Waals surface area contributed by atoms with E-state index in [0.717, 1.165) is 5.57 Å². The smallest absolute Gasteiger partial charge is 0.409 e. The number of halogens is 1. The van der Waals surface area contributed by atoms with Crippen LogP contribution >= 0.6 is 11.6 Å². The molecule has 0 aliphatic carbocycles. The molecule has 0 unspecified atom stereocenters. The summed E-state index contributed by atoms with van der Waals surface area (Å²) in [6.07, 6.45) is 1.29. The van der Waals surface area contributed by atoms with Gasteiger partial charge in [-0.3, -0.25) is 14.9 Å². The SMILES string of the molecule is CO[C@@H]1/C=C\C=C(\C)Cc2cc(O)c(Cl)c(c2)N(C)C(=O)C[C@H](OC(=O)C(C)C)[C@]2(C)O[C@H]2[C@H](C)[C@@H]2C[C@@]1(O)NC(=O)O2. The number of rotatable bonds is 3. The van der Waals surface area contributed by atoms with Gasteiger partial charge in [-0.25, -0.2) is 4.79 Å². The summed E-state index contributed by atoms with van der Waals surface area (Å²) in [5, 5.41) is 24.6. The Morgan fingerprint density at radius 2 is 1.98 bits per heavy atom. The molecule has 0 spiro atoms. The molecule has 2 amide bonds. The summed E-state index contributed by atoms with van der Waals surface area (Å²) in [5.74, 6) is -2.01. The standard InChI is InChI=1S/C31H41ClN2O9/c1-16(2)28(37)42-24-14-25(36)34(6)20-12-19(13-21(35)26(20)32)11-17(3)9-8-10-23(40-7)31(39)15-22(41-29(38)33-31)18(4)27-30(24,5)43-27/h8-10,12-13,16,18,22-24,27,35,39H,11,14-15H2,1-7H3,(H,33,38)/b10-8-,17-9-/t18-,22+,23-,24+,27+,30+,31+/m1/s1. The molecule has 3 N–H and O–H groups in total. The Morgan fingerprint density at radius 1 is 1.28 bits per heavy atom. The van der Waals surface area contributed by atoms with Crippen molar-refractivity contribution >= 4 is 35.3 Å². The van der Waals surface area contributed by atoms with Crippen molar-refractivity contribution in [3.63, 3.8) is 0 Å².